The van der Waals surface area contributed by atoms with Crippen molar-refractivity contribution in [3.05, 3.63) is 64.7 Å². The van der Waals surface area contributed by atoms with Gasteiger partial charge in [0, 0.05) is 25.1 Å². The van der Waals surface area contributed by atoms with Crippen molar-refractivity contribution < 1.29 is 32.7 Å². The molecule has 1 fully saturated rings. The van der Waals surface area contributed by atoms with Crippen LogP contribution < -0.4 is 10.1 Å². The molecule has 1 N–H and O–H groups in total. The van der Waals surface area contributed by atoms with Gasteiger partial charge in [0.15, 0.2) is 5.78 Å². The third-order valence-corrected chi connectivity index (χ3v) is 6.00. The molecule has 1 unspecified atom stereocenters. The molecular weight excluding hydrogens is 434 g/mol. The van der Waals surface area contributed by atoms with Crippen LogP contribution >= 0.6 is 0 Å². The quantitative estimate of drug-likeness (QED) is 0.675. The summed E-state index contributed by atoms with van der Waals surface area (Å²) in [6.45, 7) is 0.0276. The van der Waals surface area contributed by atoms with E-state index >= 15 is 0 Å². The molecule has 2 aromatic carbocycles. The first kappa shape index (κ1) is 22.6. The molecule has 2 aromatic rings. The molecule has 9 heteroatoms. The van der Waals surface area contributed by atoms with E-state index in [0.717, 1.165) is 6.07 Å². The number of hydrogen-bond donors (Lipinski definition) is 1. The summed E-state index contributed by atoms with van der Waals surface area (Å²) in [6.07, 6.45) is 0.398. The van der Waals surface area contributed by atoms with Crippen molar-refractivity contribution in [1.82, 2.24) is 10.2 Å². The fraction of sp³-hybridized carbons (Fsp3) is 0.333. The van der Waals surface area contributed by atoms with Gasteiger partial charge in [0.2, 0.25) is 0 Å². The van der Waals surface area contributed by atoms with Gasteiger partial charge in [-0.05, 0) is 35.7 Å². The number of amides is 2. The first-order valence-corrected chi connectivity index (χ1v) is 10.5. The number of methoxy groups -OCH3 is 1. The summed E-state index contributed by atoms with van der Waals surface area (Å²) < 4.78 is 34.3. The van der Waals surface area contributed by atoms with E-state index in [1.807, 2.05) is 0 Å². The Morgan fingerprint density at radius 3 is 2.67 bits per heavy atom. The average molecular weight is 456 g/mol. The van der Waals surface area contributed by atoms with Crippen LogP contribution in [-0.2, 0) is 33.4 Å². The Hall–Kier alpha value is -3.62. The molecule has 172 valence electrons. The lowest BCUT2D eigenvalue weighted by atomic mass is 9.92. The minimum Gasteiger partial charge on any atom is -0.496 e. The molecule has 1 saturated carbocycles. The van der Waals surface area contributed by atoms with Gasteiger partial charge in [-0.1, -0.05) is 24.3 Å². The van der Waals surface area contributed by atoms with Crippen LogP contribution in [0.4, 0.5) is 8.78 Å². The predicted molar refractivity (Wildman–Crippen MR) is 113 cm³/mol. The predicted octanol–water partition coefficient (Wildman–Crippen LogP) is 2.75. The van der Waals surface area contributed by atoms with E-state index in [2.05, 4.69) is 5.32 Å². The van der Waals surface area contributed by atoms with Gasteiger partial charge in [0.1, 0.15) is 11.5 Å². The number of para-hydroxylation sites is 1. The fourth-order valence-electron chi connectivity index (χ4n) is 4.27. The Kier molecular flexibility index (Phi) is 5.97. The summed E-state index contributed by atoms with van der Waals surface area (Å²) in [6, 6.07) is 9.59. The zero-order chi connectivity index (χ0) is 23.8. The number of rotatable bonds is 6. The van der Waals surface area contributed by atoms with Crippen LogP contribution in [-0.4, -0.2) is 41.4 Å². The van der Waals surface area contributed by atoms with E-state index in [0.29, 0.717) is 23.1 Å². The molecule has 2 aliphatic rings. The Bertz CT molecular complexity index is 1150. The van der Waals surface area contributed by atoms with Gasteiger partial charge in [0.25, 0.3) is 11.8 Å². The molecular formula is C24H22F2N2O5. The summed E-state index contributed by atoms with van der Waals surface area (Å²) in [7, 11) is 1.25. The standard InChI is InChI=1S/C24H22F2N2O5/c1-33-21-5-3-2-4-18(21)24(25,26)23(32)27-12-14-6-8-17-15(10-14)13-28(22(17)31)19-9-7-16(29)11-20(19)30/h2-6,8,10,19H,7,9,11-13H2,1H3,(H,27,32). The van der Waals surface area contributed by atoms with Gasteiger partial charge in [-0.2, -0.15) is 8.78 Å². The largest absolute Gasteiger partial charge is 0.496 e. The van der Waals surface area contributed by atoms with E-state index in [-0.39, 0.29) is 49.2 Å². The summed E-state index contributed by atoms with van der Waals surface area (Å²) >= 11 is 0. The number of hydrogen-bond acceptors (Lipinski definition) is 5. The van der Waals surface area contributed by atoms with E-state index in [4.69, 9.17) is 4.74 Å². The SMILES string of the molecule is COc1ccccc1C(F)(F)C(=O)NCc1ccc2c(c1)CN(C1CCC(=O)CC1=O)C2=O. The zero-order valence-corrected chi connectivity index (χ0v) is 17.9. The first-order chi connectivity index (χ1) is 15.7. The maximum Gasteiger partial charge on any atom is 0.353 e. The second kappa shape index (κ2) is 8.73. The second-order valence-corrected chi connectivity index (χ2v) is 8.12. The van der Waals surface area contributed by atoms with Crippen molar-refractivity contribution in [2.24, 2.45) is 0 Å². The van der Waals surface area contributed by atoms with Crippen LogP contribution in [0.1, 0.15) is 46.3 Å². The van der Waals surface area contributed by atoms with Crippen molar-refractivity contribution in [2.45, 2.75) is 44.3 Å². The maximum absolute atomic E-state index is 14.7. The number of nitrogens with one attached hydrogen (secondary N) is 1. The topological polar surface area (TPSA) is 92.8 Å². The molecule has 1 atom stereocenters. The Morgan fingerprint density at radius 2 is 1.94 bits per heavy atom. The summed E-state index contributed by atoms with van der Waals surface area (Å²) in [4.78, 5) is 50.2. The highest BCUT2D eigenvalue weighted by molar-refractivity contribution is 6.07. The molecule has 4 rings (SSSR count). The number of fused-ring (bicyclic) bond motifs is 1. The van der Waals surface area contributed by atoms with Crippen LogP contribution in [0.2, 0.25) is 0 Å². The fourth-order valence-corrected chi connectivity index (χ4v) is 4.27. The average Bonchev–Trinajstić information content (AvgIpc) is 3.12. The molecule has 2 amide bonds. The highest BCUT2D eigenvalue weighted by Gasteiger charge is 2.43. The number of carbonyl (C=O) groups excluding carboxylic acids is 4. The van der Waals surface area contributed by atoms with Crippen molar-refractivity contribution in [3.63, 3.8) is 0 Å². The maximum atomic E-state index is 14.7. The lowest BCUT2D eigenvalue weighted by Crippen LogP contribution is -2.44. The van der Waals surface area contributed by atoms with Crippen molar-refractivity contribution in [2.75, 3.05) is 7.11 Å². The molecule has 1 heterocycles. The molecule has 1 aliphatic heterocycles. The molecule has 0 aromatic heterocycles. The van der Waals surface area contributed by atoms with Gasteiger partial charge < -0.3 is 15.0 Å². The zero-order valence-electron chi connectivity index (χ0n) is 17.9. The van der Waals surface area contributed by atoms with Crippen LogP contribution in [0.3, 0.4) is 0 Å². The summed E-state index contributed by atoms with van der Waals surface area (Å²) in [5.41, 5.74) is 1.08. The van der Waals surface area contributed by atoms with E-state index < -0.39 is 23.4 Å². The van der Waals surface area contributed by atoms with Crippen molar-refractivity contribution in [3.8, 4) is 5.75 Å². The molecule has 0 bridgehead atoms. The van der Waals surface area contributed by atoms with Gasteiger partial charge in [0.05, 0.1) is 25.1 Å². The smallest absolute Gasteiger partial charge is 0.353 e. The number of Topliss-reactive ketones (excluding diaryl/α,β-unsaturated/α-hetero) is 2. The number of halogens is 2. The molecule has 7 nitrogen and oxygen atoms in total. The number of alkyl halides is 2. The highest BCUT2D eigenvalue weighted by atomic mass is 19.3. The van der Waals surface area contributed by atoms with Gasteiger partial charge in [-0.3, -0.25) is 19.2 Å². The Balaban J connectivity index is 1.45. The number of carbonyl (C=O) groups is 4. The van der Waals surface area contributed by atoms with Crippen LogP contribution in [0.25, 0.3) is 0 Å². The third kappa shape index (κ3) is 4.22. The summed E-state index contributed by atoms with van der Waals surface area (Å²) in [5, 5.41) is 2.24. The van der Waals surface area contributed by atoms with E-state index in [1.165, 1.54) is 30.2 Å². The molecule has 0 saturated heterocycles. The van der Waals surface area contributed by atoms with E-state index in [9.17, 15) is 28.0 Å². The van der Waals surface area contributed by atoms with Gasteiger partial charge >= 0.3 is 5.92 Å². The molecule has 1 aliphatic carbocycles. The number of ether oxygens (including phenoxy) is 1. The van der Waals surface area contributed by atoms with Gasteiger partial charge in [-0.15, -0.1) is 0 Å². The van der Waals surface area contributed by atoms with Crippen molar-refractivity contribution >= 4 is 23.4 Å². The molecule has 0 spiro atoms. The third-order valence-electron chi connectivity index (χ3n) is 6.00. The summed E-state index contributed by atoms with van der Waals surface area (Å²) in [5.74, 6) is -6.04. The molecule has 33 heavy (non-hydrogen) atoms. The monoisotopic (exact) mass is 456 g/mol. The normalized spacial score (nSPS) is 18.3. The minimum absolute atomic E-state index is 0.0901. The van der Waals surface area contributed by atoms with Gasteiger partial charge in [-0.25, -0.2) is 0 Å². The number of nitrogens with zero attached hydrogens (tertiary/aromatic N) is 1. The minimum atomic E-state index is -3.80. The number of ketones is 2. The highest BCUT2D eigenvalue weighted by Crippen LogP contribution is 2.35. The lowest BCUT2D eigenvalue weighted by Gasteiger charge is -2.29. The van der Waals surface area contributed by atoms with E-state index in [1.54, 1.807) is 18.2 Å². The lowest BCUT2D eigenvalue weighted by molar-refractivity contribution is -0.147. The Morgan fingerprint density at radius 1 is 1.18 bits per heavy atom. The van der Waals surface area contributed by atoms with Crippen molar-refractivity contribution in [1.29, 1.82) is 0 Å². The first-order valence-electron chi connectivity index (χ1n) is 10.5. The molecule has 0 radical (unpaired) electrons. The number of benzene rings is 2. The Labute approximate surface area is 188 Å². The van der Waals surface area contributed by atoms with Crippen LogP contribution in [0.5, 0.6) is 5.75 Å². The van der Waals surface area contributed by atoms with Crippen LogP contribution in [0, 0.1) is 0 Å². The van der Waals surface area contributed by atoms with Crippen LogP contribution in [0.15, 0.2) is 42.5 Å². The second-order valence-electron chi connectivity index (χ2n) is 8.12.